The highest BCUT2D eigenvalue weighted by Gasteiger charge is 2.13. The van der Waals surface area contributed by atoms with Crippen LogP contribution in [0.3, 0.4) is 0 Å². The summed E-state index contributed by atoms with van der Waals surface area (Å²) in [6.07, 6.45) is 4.06. The van der Waals surface area contributed by atoms with Crippen molar-refractivity contribution in [3.05, 3.63) is 12.3 Å². The molecule has 0 saturated carbocycles. The van der Waals surface area contributed by atoms with Crippen LogP contribution in [0.2, 0.25) is 0 Å². The van der Waals surface area contributed by atoms with Crippen LogP contribution in [0.15, 0.2) is 12.3 Å². The lowest BCUT2D eigenvalue weighted by Crippen LogP contribution is -2.19. The molecule has 17 heavy (non-hydrogen) atoms. The van der Waals surface area contributed by atoms with Crippen molar-refractivity contribution in [2.45, 2.75) is 32.7 Å². The molecule has 0 amide bonds. The van der Waals surface area contributed by atoms with Gasteiger partial charge in [0.1, 0.15) is 5.69 Å². The molecular weight excluding hydrogens is 214 g/mol. The van der Waals surface area contributed by atoms with Gasteiger partial charge >= 0.3 is 0 Å². The molecule has 0 bridgehead atoms. The Bertz CT molecular complexity index is 353. The molecule has 1 heterocycles. The van der Waals surface area contributed by atoms with Gasteiger partial charge < -0.3 is 15.0 Å². The first kappa shape index (κ1) is 13.6. The minimum Gasteiger partial charge on any atom is -0.479 e. The molecule has 1 rings (SSSR count). The summed E-state index contributed by atoms with van der Waals surface area (Å²) in [6.45, 7) is 4.36. The zero-order chi connectivity index (χ0) is 12.8. The zero-order valence-electron chi connectivity index (χ0n) is 11.4. The van der Waals surface area contributed by atoms with E-state index in [4.69, 9.17) is 4.74 Å². The van der Waals surface area contributed by atoms with Crippen molar-refractivity contribution >= 4 is 11.4 Å². The van der Waals surface area contributed by atoms with Crippen LogP contribution < -0.4 is 15.0 Å². The van der Waals surface area contributed by atoms with E-state index in [-0.39, 0.29) is 0 Å². The number of aromatic nitrogens is 1. The molecule has 0 radical (unpaired) electrons. The van der Waals surface area contributed by atoms with Crippen molar-refractivity contribution < 1.29 is 4.74 Å². The Balaban J connectivity index is 3.00. The third-order valence-corrected chi connectivity index (χ3v) is 2.68. The van der Waals surface area contributed by atoms with Gasteiger partial charge in [0.2, 0.25) is 5.88 Å². The lowest BCUT2D eigenvalue weighted by molar-refractivity contribution is 0.399. The Kier molecular flexibility index (Phi) is 5.07. The molecule has 1 N–H and O–H groups in total. The molecule has 0 spiro atoms. The molecule has 0 aliphatic carbocycles. The standard InChI is InChI=1S/C13H23N3O/c1-6-7-10(2)15-12-11(16(3)4)8-9-14-13(12)17-5/h8-10,15H,6-7H2,1-5H3. The summed E-state index contributed by atoms with van der Waals surface area (Å²) < 4.78 is 5.31. The minimum absolute atomic E-state index is 0.414. The van der Waals surface area contributed by atoms with Gasteiger partial charge in [-0.2, -0.15) is 0 Å². The zero-order valence-corrected chi connectivity index (χ0v) is 11.4. The Morgan fingerprint density at radius 1 is 1.47 bits per heavy atom. The van der Waals surface area contributed by atoms with Crippen LogP contribution in [0, 0.1) is 0 Å². The Morgan fingerprint density at radius 2 is 2.18 bits per heavy atom. The number of anilines is 2. The van der Waals surface area contributed by atoms with Crippen molar-refractivity contribution in [3.8, 4) is 5.88 Å². The average molecular weight is 237 g/mol. The van der Waals surface area contributed by atoms with Gasteiger partial charge in [0, 0.05) is 26.3 Å². The Morgan fingerprint density at radius 3 is 2.71 bits per heavy atom. The number of nitrogens with zero attached hydrogens (tertiary/aromatic N) is 2. The Hall–Kier alpha value is -1.45. The highest BCUT2D eigenvalue weighted by Crippen LogP contribution is 2.32. The van der Waals surface area contributed by atoms with Gasteiger partial charge in [0.25, 0.3) is 0 Å². The summed E-state index contributed by atoms with van der Waals surface area (Å²) in [7, 11) is 5.69. The van der Waals surface area contributed by atoms with Crippen LogP contribution in [0.5, 0.6) is 5.88 Å². The highest BCUT2D eigenvalue weighted by molar-refractivity contribution is 5.74. The monoisotopic (exact) mass is 237 g/mol. The van der Waals surface area contributed by atoms with Gasteiger partial charge in [-0.1, -0.05) is 13.3 Å². The molecule has 1 aromatic heterocycles. The van der Waals surface area contributed by atoms with Gasteiger partial charge in [-0.3, -0.25) is 0 Å². The minimum atomic E-state index is 0.414. The van der Waals surface area contributed by atoms with Crippen LogP contribution in [0.4, 0.5) is 11.4 Å². The second-order valence-corrected chi connectivity index (χ2v) is 4.44. The molecular formula is C13H23N3O. The predicted octanol–water partition coefficient (Wildman–Crippen LogP) is 2.76. The highest BCUT2D eigenvalue weighted by atomic mass is 16.5. The molecule has 1 atom stereocenters. The summed E-state index contributed by atoms with van der Waals surface area (Å²) in [6, 6.07) is 2.40. The molecule has 1 unspecified atom stereocenters. The smallest absolute Gasteiger partial charge is 0.239 e. The summed E-state index contributed by atoms with van der Waals surface area (Å²) in [5.74, 6) is 0.652. The quantitative estimate of drug-likeness (QED) is 0.825. The maximum Gasteiger partial charge on any atom is 0.239 e. The number of pyridine rings is 1. The summed E-state index contributed by atoms with van der Waals surface area (Å²) in [5, 5.41) is 3.48. The number of nitrogens with one attached hydrogen (secondary N) is 1. The molecule has 0 fully saturated rings. The third-order valence-electron chi connectivity index (χ3n) is 2.68. The Labute approximate surface area is 104 Å². The van der Waals surface area contributed by atoms with E-state index in [9.17, 15) is 0 Å². The van der Waals surface area contributed by atoms with Crippen molar-refractivity contribution in [2.24, 2.45) is 0 Å². The molecule has 0 aromatic carbocycles. The first-order valence-electron chi connectivity index (χ1n) is 6.07. The average Bonchev–Trinajstić information content (AvgIpc) is 2.29. The number of rotatable bonds is 6. The van der Waals surface area contributed by atoms with Gasteiger partial charge in [0.15, 0.2) is 0 Å². The summed E-state index contributed by atoms with van der Waals surface area (Å²) >= 11 is 0. The third kappa shape index (κ3) is 3.51. The van der Waals surface area contributed by atoms with Crippen LogP contribution in [0.25, 0.3) is 0 Å². The first-order chi connectivity index (χ1) is 8.10. The van der Waals surface area contributed by atoms with E-state index in [2.05, 4.69) is 29.0 Å². The summed E-state index contributed by atoms with van der Waals surface area (Å²) in [4.78, 5) is 6.30. The van der Waals surface area contributed by atoms with Gasteiger partial charge in [-0.25, -0.2) is 4.98 Å². The maximum absolute atomic E-state index is 5.31. The second-order valence-electron chi connectivity index (χ2n) is 4.44. The van der Waals surface area contributed by atoms with Crippen LogP contribution in [-0.2, 0) is 0 Å². The van der Waals surface area contributed by atoms with E-state index >= 15 is 0 Å². The molecule has 4 nitrogen and oxygen atoms in total. The van der Waals surface area contributed by atoms with E-state index in [0.29, 0.717) is 11.9 Å². The largest absolute Gasteiger partial charge is 0.479 e. The number of hydrogen-bond acceptors (Lipinski definition) is 4. The molecule has 0 saturated heterocycles. The number of hydrogen-bond donors (Lipinski definition) is 1. The molecule has 0 aliphatic rings. The van der Waals surface area contributed by atoms with E-state index in [1.54, 1.807) is 13.3 Å². The summed E-state index contributed by atoms with van der Waals surface area (Å²) in [5.41, 5.74) is 2.07. The lowest BCUT2D eigenvalue weighted by Gasteiger charge is -2.22. The molecule has 0 aliphatic heterocycles. The van der Waals surface area contributed by atoms with Crippen LogP contribution in [-0.4, -0.2) is 32.2 Å². The second kappa shape index (κ2) is 6.33. The van der Waals surface area contributed by atoms with E-state index in [1.165, 1.54) is 0 Å². The van der Waals surface area contributed by atoms with E-state index in [1.807, 2.05) is 20.2 Å². The molecule has 96 valence electrons. The van der Waals surface area contributed by atoms with Gasteiger partial charge in [0.05, 0.1) is 12.8 Å². The maximum atomic E-state index is 5.31. The topological polar surface area (TPSA) is 37.4 Å². The van der Waals surface area contributed by atoms with Gasteiger partial charge in [-0.15, -0.1) is 0 Å². The van der Waals surface area contributed by atoms with Crippen molar-refractivity contribution in [2.75, 3.05) is 31.4 Å². The fraction of sp³-hybridized carbons (Fsp3) is 0.615. The van der Waals surface area contributed by atoms with Crippen LogP contribution in [0.1, 0.15) is 26.7 Å². The fourth-order valence-corrected chi connectivity index (χ4v) is 1.85. The first-order valence-corrected chi connectivity index (χ1v) is 6.07. The van der Waals surface area contributed by atoms with Crippen molar-refractivity contribution in [1.29, 1.82) is 0 Å². The van der Waals surface area contributed by atoms with Crippen molar-refractivity contribution in [1.82, 2.24) is 4.98 Å². The van der Waals surface area contributed by atoms with Crippen LogP contribution >= 0.6 is 0 Å². The lowest BCUT2D eigenvalue weighted by atomic mass is 10.2. The van der Waals surface area contributed by atoms with Gasteiger partial charge in [-0.05, 0) is 19.4 Å². The van der Waals surface area contributed by atoms with E-state index < -0.39 is 0 Å². The number of methoxy groups -OCH3 is 1. The molecule has 1 aromatic rings. The van der Waals surface area contributed by atoms with E-state index in [0.717, 1.165) is 24.2 Å². The van der Waals surface area contributed by atoms with Crippen molar-refractivity contribution in [3.63, 3.8) is 0 Å². The molecule has 4 heteroatoms. The normalized spacial score (nSPS) is 12.1. The predicted molar refractivity (Wildman–Crippen MR) is 73.1 cm³/mol. The SMILES string of the molecule is CCCC(C)Nc1c(N(C)C)ccnc1OC. The number of ether oxygens (including phenoxy) is 1. The fourth-order valence-electron chi connectivity index (χ4n) is 1.85.